The van der Waals surface area contributed by atoms with Crippen molar-refractivity contribution >= 4 is 21.2 Å². The number of aryl methyl sites for hydroxylation is 1. The zero-order valence-corrected chi connectivity index (χ0v) is 10.0. The van der Waals surface area contributed by atoms with Crippen LogP contribution in [0.3, 0.4) is 0 Å². The third kappa shape index (κ3) is 2.85. The van der Waals surface area contributed by atoms with Crippen LogP contribution in [0.2, 0.25) is 0 Å². The average molecular weight is 252 g/mol. The monoisotopic (exact) mass is 252 g/mol. The molecule has 0 saturated heterocycles. The molecule has 1 saturated carbocycles. The molecule has 0 nitrogen and oxygen atoms in total. The Hall–Kier alpha value is -0.292. The van der Waals surface area contributed by atoms with E-state index in [1.807, 2.05) is 12.1 Å². The third-order valence-corrected chi connectivity index (χ3v) is 3.50. The molecule has 0 spiro atoms. The van der Waals surface area contributed by atoms with Gasteiger partial charge in [0.2, 0.25) is 0 Å². The van der Waals surface area contributed by atoms with Gasteiger partial charge in [-0.2, -0.15) is 0 Å². The van der Waals surface area contributed by atoms with Gasteiger partial charge in [0.25, 0.3) is 0 Å². The summed E-state index contributed by atoms with van der Waals surface area (Å²) in [4.78, 5) is 0. The van der Waals surface area contributed by atoms with Crippen LogP contribution in [0.5, 0.6) is 0 Å². The van der Waals surface area contributed by atoms with Crippen LogP contribution in [0.15, 0.2) is 18.2 Å². The van der Waals surface area contributed by atoms with E-state index in [-0.39, 0.29) is 5.82 Å². The van der Waals surface area contributed by atoms with Crippen molar-refractivity contribution in [2.24, 2.45) is 5.92 Å². The average Bonchev–Trinajstić information content (AvgIpc) is 2.95. The number of hydrogen-bond acceptors (Lipinski definition) is 0. The van der Waals surface area contributed by atoms with Gasteiger partial charge in [-0.05, 0) is 0 Å². The summed E-state index contributed by atoms with van der Waals surface area (Å²) in [6, 6.07) is 5.42. The predicted molar refractivity (Wildman–Crippen MR) is 57.5 cm³/mol. The van der Waals surface area contributed by atoms with Gasteiger partial charge in [0, 0.05) is 0 Å². The Balaban J connectivity index is 1.85. The molecule has 1 aromatic carbocycles. The molecular weight excluding hydrogens is 238 g/mol. The minimum atomic E-state index is -0.115. The van der Waals surface area contributed by atoms with E-state index in [4.69, 9.17) is 0 Å². The summed E-state index contributed by atoms with van der Waals surface area (Å²) in [5.41, 5.74) is 1.27. The van der Waals surface area contributed by atoms with Crippen molar-refractivity contribution in [2.75, 3.05) is 0 Å². The number of halogens is 1. The van der Waals surface area contributed by atoms with Crippen molar-refractivity contribution in [3.8, 4) is 0 Å². The van der Waals surface area contributed by atoms with Gasteiger partial charge in [0.05, 0.1) is 0 Å². The van der Waals surface area contributed by atoms with Gasteiger partial charge in [-0.15, -0.1) is 0 Å². The molecule has 1 fully saturated rings. The van der Waals surface area contributed by atoms with E-state index in [9.17, 15) is 4.39 Å². The predicted octanol–water partition coefficient (Wildman–Crippen LogP) is 2.35. The molecule has 1 aliphatic carbocycles. The van der Waals surface area contributed by atoms with E-state index in [0.29, 0.717) is 4.35 Å². The molecule has 2 heteroatoms. The molecule has 1 aromatic rings. The van der Waals surface area contributed by atoms with E-state index in [1.54, 1.807) is 6.07 Å². The van der Waals surface area contributed by atoms with Gasteiger partial charge in [-0.1, -0.05) is 0 Å². The molecule has 0 atom stereocenters. The van der Waals surface area contributed by atoms with Crippen molar-refractivity contribution in [2.45, 2.75) is 32.1 Å². The first-order chi connectivity index (χ1) is 6.75. The summed E-state index contributed by atoms with van der Waals surface area (Å²) in [6.45, 7) is 0. The van der Waals surface area contributed by atoms with Crippen LogP contribution >= 0.6 is 0 Å². The number of hydrogen-bond donors (Lipinski definition) is 0. The molecular formula is C12H14AsF. The Bertz CT molecular complexity index is 318. The van der Waals surface area contributed by atoms with Gasteiger partial charge in [0.15, 0.2) is 0 Å². The topological polar surface area (TPSA) is 0 Å². The van der Waals surface area contributed by atoms with Crippen LogP contribution in [0.1, 0.15) is 31.2 Å². The SMILES string of the molecule is Fc1ccc(CCCC2CC2)cc1[As]. The van der Waals surface area contributed by atoms with Gasteiger partial charge in [0.1, 0.15) is 0 Å². The minimum absolute atomic E-state index is 0.115. The number of benzene rings is 1. The fourth-order valence-electron chi connectivity index (χ4n) is 1.72. The number of rotatable bonds is 4. The summed E-state index contributed by atoms with van der Waals surface area (Å²) in [5, 5.41) is 0. The molecule has 0 aromatic heterocycles. The summed E-state index contributed by atoms with van der Waals surface area (Å²) in [7, 11) is 0. The van der Waals surface area contributed by atoms with Crippen LogP contribution in [0.25, 0.3) is 0 Å². The molecule has 0 N–H and O–H groups in total. The molecule has 1 aliphatic rings. The van der Waals surface area contributed by atoms with Crippen molar-refractivity contribution < 1.29 is 4.39 Å². The van der Waals surface area contributed by atoms with Gasteiger partial charge < -0.3 is 0 Å². The normalized spacial score (nSPS) is 15.9. The zero-order valence-electron chi connectivity index (χ0n) is 8.17. The van der Waals surface area contributed by atoms with Crippen LogP contribution in [0.4, 0.5) is 4.39 Å². The Kier molecular flexibility index (Phi) is 3.28. The summed E-state index contributed by atoms with van der Waals surface area (Å²) < 4.78 is 13.7. The van der Waals surface area contributed by atoms with Crippen molar-refractivity contribution in [1.29, 1.82) is 0 Å². The summed E-state index contributed by atoms with van der Waals surface area (Å²) >= 11 is 2.29. The molecule has 14 heavy (non-hydrogen) atoms. The van der Waals surface area contributed by atoms with E-state index < -0.39 is 0 Å². The van der Waals surface area contributed by atoms with Crippen molar-refractivity contribution in [1.82, 2.24) is 0 Å². The third-order valence-electron chi connectivity index (χ3n) is 2.79. The van der Waals surface area contributed by atoms with Crippen LogP contribution in [-0.4, -0.2) is 16.9 Å². The standard InChI is InChI=1S/C12H14AsF/c13-11-8-10(6-7-12(11)14)3-1-2-9-4-5-9/h6-9H,1-5H2. The zero-order chi connectivity index (χ0) is 9.97. The second kappa shape index (κ2) is 4.49. The molecule has 0 unspecified atom stereocenters. The molecule has 0 aliphatic heterocycles. The Morgan fingerprint density at radius 3 is 2.79 bits per heavy atom. The first-order valence-electron chi connectivity index (χ1n) is 5.23. The van der Waals surface area contributed by atoms with Crippen molar-refractivity contribution in [3.05, 3.63) is 29.6 Å². The molecule has 0 heterocycles. The van der Waals surface area contributed by atoms with E-state index in [2.05, 4.69) is 16.9 Å². The Labute approximate surface area is 93.4 Å². The Morgan fingerprint density at radius 1 is 1.36 bits per heavy atom. The van der Waals surface area contributed by atoms with E-state index >= 15 is 0 Å². The van der Waals surface area contributed by atoms with Crippen LogP contribution in [0, 0.1) is 11.7 Å². The fraction of sp³-hybridized carbons (Fsp3) is 0.500. The maximum absolute atomic E-state index is 12.9. The molecule has 74 valence electrons. The fourth-order valence-corrected chi connectivity index (χ4v) is 2.22. The molecule has 2 radical (unpaired) electrons. The van der Waals surface area contributed by atoms with Crippen LogP contribution in [-0.2, 0) is 6.42 Å². The summed E-state index contributed by atoms with van der Waals surface area (Å²) in [5.74, 6) is 0.892. The molecule has 2 rings (SSSR count). The molecule has 0 amide bonds. The van der Waals surface area contributed by atoms with Crippen LogP contribution < -0.4 is 4.35 Å². The summed E-state index contributed by atoms with van der Waals surface area (Å²) in [6.07, 6.45) is 6.56. The Morgan fingerprint density at radius 2 is 2.14 bits per heavy atom. The van der Waals surface area contributed by atoms with Gasteiger partial charge in [-0.3, -0.25) is 0 Å². The molecule has 0 bridgehead atoms. The second-order valence-electron chi connectivity index (χ2n) is 4.12. The first-order valence-corrected chi connectivity index (χ1v) is 6.17. The van der Waals surface area contributed by atoms with Crippen molar-refractivity contribution in [3.63, 3.8) is 0 Å². The van der Waals surface area contributed by atoms with Gasteiger partial charge >= 0.3 is 93.2 Å². The maximum atomic E-state index is 12.9. The van der Waals surface area contributed by atoms with Gasteiger partial charge in [-0.25, -0.2) is 0 Å². The quantitative estimate of drug-likeness (QED) is 0.721. The first kappa shape index (κ1) is 10.2. The van der Waals surface area contributed by atoms with E-state index in [0.717, 1.165) is 12.3 Å². The van der Waals surface area contributed by atoms with E-state index in [1.165, 1.54) is 31.2 Å². The second-order valence-corrected chi connectivity index (χ2v) is 5.13.